The van der Waals surface area contributed by atoms with E-state index in [0.717, 1.165) is 28.6 Å². The van der Waals surface area contributed by atoms with Crippen LogP contribution in [0.4, 0.5) is 5.69 Å². The van der Waals surface area contributed by atoms with E-state index in [9.17, 15) is 4.79 Å². The van der Waals surface area contributed by atoms with Crippen LogP contribution in [0.3, 0.4) is 0 Å². The molecular weight excluding hydrogens is 304 g/mol. The second-order valence-corrected chi connectivity index (χ2v) is 5.62. The molecule has 2 N–H and O–H groups in total. The van der Waals surface area contributed by atoms with E-state index in [2.05, 4.69) is 40.4 Å². The molecule has 1 amide bonds. The predicted octanol–water partition coefficient (Wildman–Crippen LogP) is 3.86. The van der Waals surface area contributed by atoms with Crippen LogP contribution < -0.4 is 10.6 Å². The van der Waals surface area contributed by atoms with E-state index in [1.54, 1.807) is 0 Å². The third kappa shape index (κ3) is 4.53. The first kappa shape index (κ1) is 16.0. The lowest BCUT2D eigenvalue weighted by Crippen LogP contribution is -2.42. The lowest BCUT2D eigenvalue weighted by Gasteiger charge is -2.20. The third-order valence-electron chi connectivity index (χ3n) is 3.29. The maximum Gasteiger partial charge on any atom is 0.242 e. The molecule has 1 aromatic rings. The predicted molar refractivity (Wildman–Crippen MR) is 84.5 cm³/mol. The number of anilines is 1. The number of aryl methyl sites for hydroxylation is 1. The van der Waals surface area contributed by atoms with E-state index in [1.165, 1.54) is 0 Å². The Morgan fingerprint density at radius 1 is 1.32 bits per heavy atom. The van der Waals surface area contributed by atoms with Gasteiger partial charge in [0.25, 0.3) is 0 Å². The van der Waals surface area contributed by atoms with Crippen LogP contribution in [-0.2, 0) is 4.79 Å². The summed E-state index contributed by atoms with van der Waals surface area (Å²) in [6, 6.07) is 5.99. The average Bonchev–Trinajstić information content (AvgIpc) is 2.40. The fraction of sp³-hybridized carbons (Fsp3) is 0.533. The van der Waals surface area contributed by atoms with E-state index in [-0.39, 0.29) is 18.0 Å². The van der Waals surface area contributed by atoms with Gasteiger partial charge in [0.15, 0.2) is 0 Å². The summed E-state index contributed by atoms with van der Waals surface area (Å²) in [4.78, 5) is 12.1. The van der Waals surface area contributed by atoms with Gasteiger partial charge in [-0.1, -0.05) is 26.0 Å². The molecule has 1 atom stereocenters. The van der Waals surface area contributed by atoms with Crippen molar-refractivity contribution in [2.24, 2.45) is 0 Å². The lowest BCUT2D eigenvalue weighted by molar-refractivity contribution is -0.122. The number of nitrogens with one attached hydrogen (secondary N) is 2. The second-order valence-electron chi connectivity index (χ2n) is 4.82. The van der Waals surface area contributed by atoms with Gasteiger partial charge in [-0.15, -0.1) is 0 Å². The summed E-state index contributed by atoms with van der Waals surface area (Å²) in [7, 11) is 0. The summed E-state index contributed by atoms with van der Waals surface area (Å²) < 4.78 is 1.01. The summed E-state index contributed by atoms with van der Waals surface area (Å²) in [6.07, 6.45) is 1.92. The van der Waals surface area contributed by atoms with Crippen molar-refractivity contribution in [3.8, 4) is 0 Å². The number of carbonyl (C=O) groups excluding carboxylic acids is 1. The monoisotopic (exact) mass is 326 g/mol. The van der Waals surface area contributed by atoms with Gasteiger partial charge in [0.1, 0.15) is 6.04 Å². The molecule has 0 aliphatic carbocycles. The highest BCUT2D eigenvalue weighted by Gasteiger charge is 2.16. The van der Waals surface area contributed by atoms with E-state index < -0.39 is 0 Å². The highest BCUT2D eigenvalue weighted by Crippen LogP contribution is 2.26. The van der Waals surface area contributed by atoms with E-state index >= 15 is 0 Å². The number of carbonyl (C=O) groups is 1. The zero-order valence-corrected chi connectivity index (χ0v) is 13.7. The Kier molecular flexibility index (Phi) is 6.35. The largest absolute Gasteiger partial charge is 0.373 e. The Morgan fingerprint density at radius 3 is 2.53 bits per heavy atom. The molecule has 106 valence electrons. The fourth-order valence-electron chi connectivity index (χ4n) is 1.88. The molecule has 3 nitrogen and oxygen atoms in total. The molecule has 0 bridgehead atoms. The first-order valence-electron chi connectivity index (χ1n) is 6.81. The topological polar surface area (TPSA) is 41.1 Å². The maximum atomic E-state index is 12.1. The van der Waals surface area contributed by atoms with Crippen molar-refractivity contribution in [1.29, 1.82) is 0 Å². The van der Waals surface area contributed by atoms with E-state index in [0.29, 0.717) is 0 Å². The minimum Gasteiger partial charge on any atom is -0.373 e. The average molecular weight is 327 g/mol. The second kappa shape index (κ2) is 7.53. The van der Waals surface area contributed by atoms with Crippen LogP contribution in [0.25, 0.3) is 0 Å². The SMILES string of the molecule is CCC(CC)NC(=O)C(C)Nc1cccc(C)c1Br. The molecule has 0 heterocycles. The number of hydrogen-bond donors (Lipinski definition) is 2. The van der Waals surface area contributed by atoms with Crippen LogP contribution in [0.2, 0.25) is 0 Å². The number of rotatable bonds is 6. The van der Waals surface area contributed by atoms with Gasteiger partial charge in [-0.3, -0.25) is 4.79 Å². The molecular formula is C15H23BrN2O. The molecule has 0 aliphatic heterocycles. The number of benzene rings is 1. The van der Waals surface area contributed by atoms with Gasteiger partial charge in [0.2, 0.25) is 5.91 Å². The first-order valence-corrected chi connectivity index (χ1v) is 7.60. The van der Waals surface area contributed by atoms with Crippen LogP contribution in [0.1, 0.15) is 39.2 Å². The summed E-state index contributed by atoms with van der Waals surface area (Å²) in [5.41, 5.74) is 2.10. The minimum atomic E-state index is -0.251. The van der Waals surface area contributed by atoms with Crippen LogP contribution in [-0.4, -0.2) is 18.0 Å². The van der Waals surface area contributed by atoms with Crippen LogP contribution in [0.15, 0.2) is 22.7 Å². The van der Waals surface area contributed by atoms with Crippen molar-refractivity contribution in [1.82, 2.24) is 5.32 Å². The molecule has 0 spiro atoms. The van der Waals surface area contributed by atoms with Crippen molar-refractivity contribution < 1.29 is 4.79 Å². The highest BCUT2D eigenvalue weighted by atomic mass is 79.9. The summed E-state index contributed by atoms with van der Waals surface area (Å²) in [5, 5.41) is 6.30. The molecule has 0 aromatic heterocycles. The molecule has 0 fully saturated rings. The Balaban J connectivity index is 2.66. The molecule has 1 aromatic carbocycles. The van der Waals surface area contributed by atoms with E-state index in [1.807, 2.05) is 32.0 Å². The van der Waals surface area contributed by atoms with E-state index in [4.69, 9.17) is 0 Å². The molecule has 4 heteroatoms. The zero-order valence-electron chi connectivity index (χ0n) is 12.1. The molecule has 0 aliphatic rings. The number of amides is 1. The van der Waals surface area contributed by atoms with Gasteiger partial charge < -0.3 is 10.6 Å². The molecule has 1 rings (SSSR count). The molecule has 19 heavy (non-hydrogen) atoms. The molecule has 0 saturated carbocycles. The van der Waals surface area contributed by atoms with Crippen molar-refractivity contribution >= 4 is 27.5 Å². The number of hydrogen-bond acceptors (Lipinski definition) is 2. The van der Waals surface area contributed by atoms with Crippen LogP contribution in [0, 0.1) is 6.92 Å². The van der Waals surface area contributed by atoms with Gasteiger partial charge in [-0.05, 0) is 54.2 Å². The Labute approximate surface area is 124 Å². The standard InChI is InChI=1S/C15H23BrN2O/c1-5-12(6-2)18-15(19)11(4)17-13-9-7-8-10(3)14(13)16/h7-9,11-12,17H,5-6H2,1-4H3,(H,18,19). The minimum absolute atomic E-state index is 0.0436. The smallest absolute Gasteiger partial charge is 0.242 e. The van der Waals surface area contributed by atoms with Crippen molar-refractivity contribution in [3.05, 3.63) is 28.2 Å². The fourth-order valence-corrected chi connectivity index (χ4v) is 2.26. The molecule has 0 saturated heterocycles. The van der Waals surface area contributed by atoms with Crippen LogP contribution >= 0.6 is 15.9 Å². The van der Waals surface area contributed by atoms with Crippen molar-refractivity contribution in [2.75, 3.05) is 5.32 Å². The van der Waals surface area contributed by atoms with Crippen LogP contribution in [0.5, 0.6) is 0 Å². The molecule has 1 unspecified atom stereocenters. The Bertz CT molecular complexity index is 430. The first-order chi connectivity index (χ1) is 8.99. The van der Waals surface area contributed by atoms with Gasteiger partial charge in [0.05, 0.1) is 0 Å². The zero-order chi connectivity index (χ0) is 14.4. The van der Waals surface area contributed by atoms with Gasteiger partial charge >= 0.3 is 0 Å². The lowest BCUT2D eigenvalue weighted by atomic mass is 10.1. The third-order valence-corrected chi connectivity index (χ3v) is 4.34. The maximum absolute atomic E-state index is 12.1. The van der Waals surface area contributed by atoms with Crippen molar-refractivity contribution in [3.63, 3.8) is 0 Å². The van der Waals surface area contributed by atoms with Gasteiger partial charge in [-0.25, -0.2) is 0 Å². The Morgan fingerprint density at radius 2 is 1.95 bits per heavy atom. The summed E-state index contributed by atoms with van der Waals surface area (Å²) >= 11 is 3.54. The molecule has 0 radical (unpaired) electrons. The normalized spacial score (nSPS) is 12.3. The number of halogens is 1. The quantitative estimate of drug-likeness (QED) is 0.833. The highest BCUT2D eigenvalue weighted by molar-refractivity contribution is 9.10. The summed E-state index contributed by atoms with van der Waals surface area (Å²) in [6.45, 7) is 8.09. The summed E-state index contributed by atoms with van der Waals surface area (Å²) in [5.74, 6) is 0.0436. The van der Waals surface area contributed by atoms with Gasteiger partial charge in [-0.2, -0.15) is 0 Å². The van der Waals surface area contributed by atoms with Gasteiger partial charge in [0, 0.05) is 16.2 Å². The Hall–Kier alpha value is -1.03. The van der Waals surface area contributed by atoms with Crippen molar-refractivity contribution in [2.45, 2.75) is 52.6 Å².